The molecule has 0 aliphatic heterocycles. The second-order valence-electron chi connectivity index (χ2n) is 8.74. The third kappa shape index (κ3) is 4.86. The number of phenols is 1. The van der Waals surface area contributed by atoms with Gasteiger partial charge in [0.2, 0.25) is 0 Å². The van der Waals surface area contributed by atoms with E-state index >= 15 is 0 Å². The van der Waals surface area contributed by atoms with Crippen LogP contribution in [0, 0.1) is 0 Å². The molecule has 4 nitrogen and oxygen atoms in total. The summed E-state index contributed by atoms with van der Waals surface area (Å²) in [6.45, 7) is 0. The van der Waals surface area contributed by atoms with Crippen molar-refractivity contribution in [2.24, 2.45) is 0 Å². The molecule has 0 aliphatic carbocycles. The first-order valence-corrected chi connectivity index (χ1v) is 12.1. The first-order valence-electron chi connectivity index (χ1n) is 12.1. The Balaban J connectivity index is 1.42. The van der Waals surface area contributed by atoms with Gasteiger partial charge in [0, 0.05) is 16.7 Å². The highest BCUT2D eigenvalue weighted by Crippen LogP contribution is 2.29. The van der Waals surface area contributed by atoms with Gasteiger partial charge in [-0.2, -0.15) is 0 Å². The van der Waals surface area contributed by atoms with Crippen molar-refractivity contribution in [3.63, 3.8) is 0 Å². The summed E-state index contributed by atoms with van der Waals surface area (Å²) in [6, 6.07) is 44.0. The van der Waals surface area contributed by atoms with E-state index in [-0.39, 0.29) is 5.75 Å². The van der Waals surface area contributed by atoms with Gasteiger partial charge in [-0.05, 0) is 46.5 Å². The van der Waals surface area contributed by atoms with E-state index in [0.29, 0.717) is 17.5 Å². The molecule has 6 rings (SSSR count). The standard InChI is InChI=1S/C33H23N3O/c37-30-21-19-29(20-22-30)33-35-31(27-15-11-25(12-16-27)23-7-3-1-4-8-23)34-32(36-33)28-17-13-26(14-18-28)24-9-5-2-6-10-24/h1-22,37H. The monoisotopic (exact) mass is 477 g/mol. The van der Waals surface area contributed by atoms with Crippen molar-refractivity contribution in [2.45, 2.75) is 0 Å². The van der Waals surface area contributed by atoms with Crippen LogP contribution in [0.25, 0.3) is 56.4 Å². The highest BCUT2D eigenvalue weighted by molar-refractivity contribution is 5.72. The largest absolute Gasteiger partial charge is 0.508 e. The second-order valence-corrected chi connectivity index (χ2v) is 8.74. The lowest BCUT2D eigenvalue weighted by Gasteiger charge is -2.10. The van der Waals surface area contributed by atoms with Gasteiger partial charge in [-0.15, -0.1) is 0 Å². The van der Waals surface area contributed by atoms with Gasteiger partial charge in [-0.3, -0.25) is 0 Å². The summed E-state index contributed by atoms with van der Waals surface area (Å²) in [6.07, 6.45) is 0. The number of rotatable bonds is 5. The molecule has 6 aromatic rings. The summed E-state index contributed by atoms with van der Waals surface area (Å²) in [5, 5.41) is 9.76. The lowest BCUT2D eigenvalue weighted by Crippen LogP contribution is -2.00. The molecule has 1 heterocycles. The molecule has 0 fully saturated rings. The Bertz CT molecular complexity index is 1530. The highest BCUT2D eigenvalue weighted by atomic mass is 16.3. The predicted molar refractivity (Wildman–Crippen MR) is 149 cm³/mol. The Kier molecular flexibility index (Phi) is 5.97. The number of aromatic nitrogens is 3. The van der Waals surface area contributed by atoms with Crippen LogP contribution in [-0.4, -0.2) is 20.1 Å². The summed E-state index contributed by atoms with van der Waals surface area (Å²) in [4.78, 5) is 14.4. The maximum absolute atomic E-state index is 9.76. The minimum atomic E-state index is 0.200. The van der Waals surface area contributed by atoms with Gasteiger partial charge in [0.1, 0.15) is 5.75 Å². The topological polar surface area (TPSA) is 58.9 Å². The third-order valence-electron chi connectivity index (χ3n) is 6.26. The normalized spacial score (nSPS) is 10.8. The smallest absolute Gasteiger partial charge is 0.164 e. The van der Waals surface area contributed by atoms with Crippen LogP contribution in [0.1, 0.15) is 0 Å². The molecular formula is C33H23N3O. The zero-order valence-electron chi connectivity index (χ0n) is 20.0. The van der Waals surface area contributed by atoms with Gasteiger partial charge in [-0.1, -0.05) is 109 Å². The van der Waals surface area contributed by atoms with E-state index < -0.39 is 0 Å². The maximum atomic E-state index is 9.76. The molecule has 0 amide bonds. The van der Waals surface area contributed by atoms with Crippen molar-refractivity contribution in [1.29, 1.82) is 0 Å². The second kappa shape index (κ2) is 9.88. The summed E-state index contributed by atoms with van der Waals surface area (Å²) < 4.78 is 0. The Morgan fingerprint density at radius 2 is 0.568 bits per heavy atom. The summed E-state index contributed by atoms with van der Waals surface area (Å²) in [5.74, 6) is 1.95. The van der Waals surface area contributed by atoms with Gasteiger partial charge in [0.05, 0.1) is 0 Å². The molecule has 0 bridgehead atoms. The fourth-order valence-corrected chi connectivity index (χ4v) is 4.26. The lowest BCUT2D eigenvalue weighted by atomic mass is 10.0. The predicted octanol–water partition coefficient (Wildman–Crippen LogP) is 7.91. The van der Waals surface area contributed by atoms with E-state index in [1.807, 2.05) is 72.8 Å². The molecule has 0 spiro atoms. The van der Waals surface area contributed by atoms with Gasteiger partial charge in [0.25, 0.3) is 0 Å². The van der Waals surface area contributed by atoms with Crippen LogP contribution < -0.4 is 0 Å². The molecule has 176 valence electrons. The molecule has 0 atom stereocenters. The molecule has 4 heteroatoms. The van der Waals surface area contributed by atoms with E-state index in [1.165, 1.54) is 0 Å². The van der Waals surface area contributed by atoms with Gasteiger partial charge < -0.3 is 5.11 Å². The van der Waals surface area contributed by atoms with Crippen molar-refractivity contribution in [3.8, 4) is 62.2 Å². The Labute approximate surface area is 215 Å². The molecule has 0 saturated carbocycles. The average Bonchev–Trinajstić information content (AvgIpc) is 2.98. The molecule has 0 unspecified atom stereocenters. The summed E-state index contributed by atoms with van der Waals surface area (Å²) >= 11 is 0. The quantitative estimate of drug-likeness (QED) is 0.274. The fourth-order valence-electron chi connectivity index (χ4n) is 4.26. The Morgan fingerprint density at radius 3 is 0.919 bits per heavy atom. The summed E-state index contributed by atoms with van der Waals surface area (Å²) in [7, 11) is 0. The van der Waals surface area contributed by atoms with Crippen LogP contribution >= 0.6 is 0 Å². The highest BCUT2D eigenvalue weighted by Gasteiger charge is 2.13. The third-order valence-corrected chi connectivity index (χ3v) is 6.26. The van der Waals surface area contributed by atoms with Gasteiger partial charge >= 0.3 is 0 Å². The molecule has 5 aromatic carbocycles. The number of nitrogens with zero attached hydrogens (tertiary/aromatic N) is 3. The van der Waals surface area contributed by atoms with Crippen molar-refractivity contribution in [1.82, 2.24) is 15.0 Å². The Hall–Kier alpha value is -5.09. The zero-order chi connectivity index (χ0) is 25.0. The number of phenolic OH excluding ortho intramolecular Hbond substituents is 1. The van der Waals surface area contributed by atoms with Gasteiger partial charge in [0.15, 0.2) is 17.5 Å². The number of aromatic hydroxyl groups is 1. The van der Waals surface area contributed by atoms with E-state index in [9.17, 15) is 5.11 Å². The molecule has 0 saturated heterocycles. The van der Waals surface area contributed by atoms with Crippen LogP contribution in [0.4, 0.5) is 0 Å². The van der Waals surface area contributed by atoms with E-state index in [2.05, 4.69) is 48.5 Å². The SMILES string of the molecule is Oc1ccc(-c2nc(-c3ccc(-c4ccccc4)cc3)nc(-c3ccc(-c4ccccc4)cc3)n2)cc1. The average molecular weight is 478 g/mol. The zero-order valence-corrected chi connectivity index (χ0v) is 20.0. The first kappa shape index (κ1) is 22.4. The van der Waals surface area contributed by atoms with E-state index in [0.717, 1.165) is 38.9 Å². The summed E-state index contributed by atoms with van der Waals surface area (Å²) in [5.41, 5.74) is 7.21. The molecule has 37 heavy (non-hydrogen) atoms. The van der Waals surface area contributed by atoms with E-state index in [4.69, 9.17) is 15.0 Å². The van der Waals surface area contributed by atoms with Gasteiger partial charge in [-0.25, -0.2) is 15.0 Å². The van der Waals surface area contributed by atoms with Crippen molar-refractivity contribution < 1.29 is 5.11 Å². The van der Waals surface area contributed by atoms with Crippen molar-refractivity contribution in [3.05, 3.63) is 133 Å². The van der Waals surface area contributed by atoms with Crippen LogP contribution in [0.2, 0.25) is 0 Å². The maximum Gasteiger partial charge on any atom is 0.164 e. The lowest BCUT2D eigenvalue weighted by molar-refractivity contribution is 0.475. The number of hydrogen-bond donors (Lipinski definition) is 1. The fraction of sp³-hybridized carbons (Fsp3) is 0. The van der Waals surface area contributed by atoms with Crippen LogP contribution in [-0.2, 0) is 0 Å². The first-order chi connectivity index (χ1) is 18.2. The Morgan fingerprint density at radius 1 is 0.297 bits per heavy atom. The van der Waals surface area contributed by atoms with Crippen LogP contribution in [0.3, 0.4) is 0 Å². The van der Waals surface area contributed by atoms with Crippen molar-refractivity contribution >= 4 is 0 Å². The van der Waals surface area contributed by atoms with E-state index in [1.54, 1.807) is 12.1 Å². The molecule has 0 aliphatic rings. The minimum Gasteiger partial charge on any atom is -0.508 e. The molecule has 1 N–H and O–H groups in total. The van der Waals surface area contributed by atoms with Crippen LogP contribution in [0.5, 0.6) is 5.75 Å². The van der Waals surface area contributed by atoms with Crippen molar-refractivity contribution in [2.75, 3.05) is 0 Å². The number of hydrogen-bond acceptors (Lipinski definition) is 4. The molecule has 0 radical (unpaired) electrons. The van der Waals surface area contributed by atoms with Crippen LogP contribution in [0.15, 0.2) is 133 Å². The molecule has 1 aromatic heterocycles. The number of benzene rings is 5. The molecular weight excluding hydrogens is 454 g/mol. The minimum absolute atomic E-state index is 0.200.